The molecule has 4 unspecified atom stereocenters. The molecule has 1 N–H and O–H groups in total. The van der Waals surface area contributed by atoms with Gasteiger partial charge < -0.3 is 10.2 Å². The topological polar surface area (TPSA) is 15.3 Å². The number of rotatable bonds is 5. The average molecular weight is 309 g/mol. The van der Waals surface area contributed by atoms with Gasteiger partial charge in [-0.3, -0.25) is 0 Å². The molecule has 1 saturated heterocycles. The fraction of sp³-hybridized carbons (Fsp3) is 0.667. The van der Waals surface area contributed by atoms with Crippen LogP contribution in [0.25, 0.3) is 0 Å². The maximum atomic E-state index is 6.12. The first-order valence-corrected chi connectivity index (χ1v) is 8.55. The molecule has 0 bridgehead atoms. The van der Waals surface area contributed by atoms with Crippen LogP contribution < -0.4 is 5.32 Å². The Morgan fingerprint density at radius 1 is 1.33 bits per heavy atom. The Morgan fingerprint density at radius 2 is 2.10 bits per heavy atom. The molecule has 118 valence electrons. The molecule has 0 spiro atoms. The van der Waals surface area contributed by atoms with Crippen LogP contribution in [0.2, 0.25) is 5.02 Å². The lowest BCUT2D eigenvalue weighted by atomic mass is 9.85. The third-order valence-electron chi connectivity index (χ3n) is 5.02. The van der Waals surface area contributed by atoms with Crippen molar-refractivity contribution in [2.45, 2.75) is 45.7 Å². The molecular weight excluding hydrogens is 280 g/mol. The van der Waals surface area contributed by atoms with Gasteiger partial charge in [0.05, 0.1) is 0 Å². The van der Waals surface area contributed by atoms with Gasteiger partial charge in [0.1, 0.15) is 0 Å². The molecular formula is C18H29ClN2. The van der Waals surface area contributed by atoms with Gasteiger partial charge in [0.2, 0.25) is 0 Å². The summed E-state index contributed by atoms with van der Waals surface area (Å²) in [6.07, 6.45) is 2.49. The number of nitrogens with zero attached hydrogens (tertiary/aromatic N) is 1. The summed E-state index contributed by atoms with van der Waals surface area (Å²) in [6, 6.07) is 9.29. The zero-order valence-corrected chi connectivity index (χ0v) is 14.5. The minimum atomic E-state index is 0.378. The summed E-state index contributed by atoms with van der Waals surface area (Å²) in [7, 11) is 2.04. The van der Waals surface area contributed by atoms with Gasteiger partial charge in [-0.05, 0) is 56.3 Å². The number of hydrogen-bond acceptors (Lipinski definition) is 2. The Morgan fingerprint density at radius 3 is 2.76 bits per heavy atom. The molecule has 0 aliphatic carbocycles. The molecule has 1 aromatic carbocycles. The number of benzene rings is 1. The fourth-order valence-corrected chi connectivity index (χ4v) is 3.82. The van der Waals surface area contributed by atoms with Crippen molar-refractivity contribution >= 4 is 11.6 Å². The lowest BCUT2D eigenvalue weighted by molar-refractivity contribution is 0.0760. The first kappa shape index (κ1) is 16.8. The van der Waals surface area contributed by atoms with Crippen LogP contribution in [0.1, 0.15) is 45.2 Å². The third-order valence-corrected chi connectivity index (χ3v) is 5.26. The fourth-order valence-electron chi connectivity index (χ4n) is 3.62. The minimum absolute atomic E-state index is 0.378. The Balaban J connectivity index is 1.96. The second-order valence-electron chi connectivity index (χ2n) is 6.74. The van der Waals surface area contributed by atoms with E-state index in [9.17, 15) is 0 Å². The maximum absolute atomic E-state index is 6.12. The molecule has 0 amide bonds. The lowest BCUT2D eigenvalue weighted by Gasteiger charge is -2.41. The van der Waals surface area contributed by atoms with E-state index in [1.54, 1.807) is 0 Å². The van der Waals surface area contributed by atoms with Crippen LogP contribution in [-0.2, 0) is 0 Å². The van der Waals surface area contributed by atoms with E-state index < -0.39 is 0 Å². The smallest absolute Gasteiger partial charge is 0.0409 e. The van der Waals surface area contributed by atoms with Crippen LogP contribution in [0, 0.1) is 11.8 Å². The third kappa shape index (κ3) is 4.45. The molecule has 4 atom stereocenters. The van der Waals surface area contributed by atoms with Crippen molar-refractivity contribution in [3.05, 3.63) is 34.9 Å². The number of nitrogens with one attached hydrogen (secondary N) is 1. The molecule has 21 heavy (non-hydrogen) atoms. The number of likely N-dealkylation sites (tertiary alicyclic amines) is 1. The standard InChI is InChI=1S/C18H29ClN2/c1-13-10-14(2)15(3)21(12-13)9-8-18(20-4)16-6-5-7-17(19)11-16/h5-7,11,13-15,18,20H,8-10,12H2,1-4H3. The van der Waals surface area contributed by atoms with Crippen LogP contribution in [0.15, 0.2) is 24.3 Å². The Kier molecular flexibility index (Phi) is 6.09. The maximum Gasteiger partial charge on any atom is 0.0409 e. The van der Waals surface area contributed by atoms with E-state index in [4.69, 9.17) is 11.6 Å². The molecule has 2 nitrogen and oxygen atoms in total. The Bertz CT molecular complexity index is 449. The van der Waals surface area contributed by atoms with Crippen molar-refractivity contribution in [3.63, 3.8) is 0 Å². The highest BCUT2D eigenvalue weighted by Gasteiger charge is 2.28. The van der Waals surface area contributed by atoms with Crippen LogP contribution in [0.4, 0.5) is 0 Å². The van der Waals surface area contributed by atoms with Gasteiger partial charge in [-0.1, -0.05) is 37.6 Å². The van der Waals surface area contributed by atoms with Crippen molar-refractivity contribution in [1.29, 1.82) is 0 Å². The summed E-state index contributed by atoms with van der Waals surface area (Å²) < 4.78 is 0. The lowest BCUT2D eigenvalue weighted by Crippen LogP contribution is -2.46. The highest BCUT2D eigenvalue weighted by atomic mass is 35.5. The normalized spacial score (nSPS) is 28.5. The molecule has 0 aromatic heterocycles. The predicted octanol–water partition coefficient (Wildman–Crippen LogP) is 4.36. The number of piperidine rings is 1. The minimum Gasteiger partial charge on any atom is -0.313 e. The van der Waals surface area contributed by atoms with Gasteiger partial charge in [-0.25, -0.2) is 0 Å². The Labute approximate surface area is 134 Å². The van der Waals surface area contributed by atoms with E-state index >= 15 is 0 Å². The molecule has 0 radical (unpaired) electrons. The average Bonchev–Trinajstić information content (AvgIpc) is 2.44. The summed E-state index contributed by atoms with van der Waals surface area (Å²) in [5, 5.41) is 4.26. The van der Waals surface area contributed by atoms with Gasteiger partial charge in [-0.15, -0.1) is 0 Å². The largest absolute Gasteiger partial charge is 0.313 e. The highest BCUT2D eigenvalue weighted by Crippen LogP contribution is 2.28. The number of hydrogen-bond donors (Lipinski definition) is 1. The van der Waals surface area contributed by atoms with Gasteiger partial charge >= 0.3 is 0 Å². The summed E-state index contributed by atoms with van der Waals surface area (Å²) in [5.74, 6) is 1.61. The molecule has 1 fully saturated rings. The summed E-state index contributed by atoms with van der Waals surface area (Å²) in [5.41, 5.74) is 1.29. The molecule has 0 saturated carbocycles. The van der Waals surface area contributed by atoms with E-state index in [1.165, 1.54) is 18.5 Å². The van der Waals surface area contributed by atoms with E-state index in [0.717, 1.165) is 29.8 Å². The van der Waals surface area contributed by atoms with Crippen LogP contribution in [0.3, 0.4) is 0 Å². The summed E-state index contributed by atoms with van der Waals surface area (Å²) in [4.78, 5) is 2.66. The van der Waals surface area contributed by atoms with Crippen molar-refractivity contribution in [3.8, 4) is 0 Å². The van der Waals surface area contributed by atoms with Crippen LogP contribution in [-0.4, -0.2) is 31.1 Å². The zero-order valence-electron chi connectivity index (χ0n) is 13.8. The van der Waals surface area contributed by atoms with E-state index in [2.05, 4.69) is 43.1 Å². The number of halogens is 1. The van der Waals surface area contributed by atoms with Gasteiger partial charge in [0.15, 0.2) is 0 Å². The predicted molar refractivity (Wildman–Crippen MR) is 91.8 cm³/mol. The van der Waals surface area contributed by atoms with Crippen LogP contribution >= 0.6 is 11.6 Å². The summed E-state index contributed by atoms with van der Waals surface area (Å²) >= 11 is 6.12. The Hall–Kier alpha value is -0.570. The van der Waals surface area contributed by atoms with E-state index in [1.807, 2.05) is 19.2 Å². The second kappa shape index (κ2) is 7.62. The first-order valence-electron chi connectivity index (χ1n) is 8.18. The molecule has 1 aliphatic heterocycles. The molecule has 1 aliphatic rings. The molecule has 1 heterocycles. The van der Waals surface area contributed by atoms with Crippen LogP contribution in [0.5, 0.6) is 0 Å². The molecule has 3 heteroatoms. The first-order chi connectivity index (χ1) is 10.0. The van der Waals surface area contributed by atoms with Gasteiger partial charge in [0.25, 0.3) is 0 Å². The van der Waals surface area contributed by atoms with Crippen molar-refractivity contribution in [1.82, 2.24) is 10.2 Å². The van der Waals surface area contributed by atoms with Crippen molar-refractivity contribution < 1.29 is 0 Å². The zero-order chi connectivity index (χ0) is 15.4. The quantitative estimate of drug-likeness (QED) is 0.869. The second-order valence-corrected chi connectivity index (χ2v) is 7.18. The monoisotopic (exact) mass is 308 g/mol. The molecule has 1 aromatic rings. The summed E-state index contributed by atoms with van der Waals surface area (Å²) in [6.45, 7) is 9.53. The van der Waals surface area contributed by atoms with E-state index in [-0.39, 0.29) is 0 Å². The molecule has 2 rings (SSSR count). The van der Waals surface area contributed by atoms with E-state index in [0.29, 0.717) is 12.1 Å². The SMILES string of the molecule is CNC(CCN1CC(C)CC(C)C1C)c1cccc(Cl)c1. The highest BCUT2D eigenvalue weighted by molar-refractivity contribution is 6.30. The van der Waals surface area contributed by atoms with Crippen molar-refractivity contribution in [2.75, 3.05) is 20.1 Å². The van der Waals surface area contributed by atoms with Crippen molar-refractivity contribution in [2.24, 2.45) is 11.8 Å². The van der Waals surface area contributed by atoms with Gasteiger partial charge in [-0.2, -0.15) is 0 Å². The van der Waals surface area contributed by atoms with Gasteiger partial charge in [0, 0.05) is 30.2 Å².